The summed E-state index contributed by atoms with van der Waals surface area (Å²) in [5.74, 6) is -0.440. The Labute approximate surface area is 195 Å². The summed E-state index contributed by atoms with van der Waals surface area (Å²) in [7, 11) is -3.87. The van der Waals surface area contributed by atoms with Crippen LogP contribution in [-0.4, -0.2) is 37.4 Å². The maximum absolute atomic E-state index is 13.3. The summed E-state index contributed by atoms with van der Waals surface area (Å²) < 4.78 is 27.7. The minimum atomic E-state index is -3.87. The zero-order valence-corrected chi connectivity index (χ0v) is 19.7. The molecule has 6 nitrogen and oxygen atoms in total. The Morgan fingerprint density at radius 2 is 1.56 bits per heavy atom. The lowest BCUT2D eigenvalue weighted by molar-refractivity contribution is -0.121. The van der Waals surface area contributed by atoms with Crippen LogP contribution in [0.5, 0.6) is 0 Å². The number of hydrogen-bond donors (Lipinski definition) is 1. The summed E-state index contributed by atoms with van der Waals surface area (Å²) in [4.78, 5) is 12.8. The van der Waals surface area contributed by atoms with Crippen LogP contribution in [0.15, 0.2) is 64.6 Å². The first-order valence-electron chi connectivity index (χ1n) is 11.1. The van der Waals surface area contributed by atoms with E-state index in [0.717, 1.165) is 37.0 Å². The normalized spacial score (nSPS) is 15.1. The van der Waals surface area contributed by atoms with Crippen LogP contribution in [-0.2, 0) is 21.2 Å². The maximum atomic E-state index is 13.3. The summed E-state index contributed by atoms with van der Waals surface area (Å²) >= 11 is 5.92. The fourth-order valence-corrected chi connectivity index (χ4v) is 5.22. The highest BCUT2D eigenvalue weighted by Crippen LogP contribution is 2.19. The quantitative estimate of drug-likeness (QED) is 0.557. The summed E-state index contributed by atoms with van der Waals surface area (Å²) in [6.45, 7) is -0.118. The second-order valence-electron chi connectivity index (χ2n) is 8.01. The van der Waals surface area contributed by atoms with Gasteiger partial charge in [0.2, 0.25) is 10.0 Å². The molecule has 0 radical (unpaired) electrons. The predicted molar refractivity (Wildman–Crippen MR) is 128 cm³/mol. The van der Waals surface area contributed by atoms with Gasteiger partial charge in [-0.05, 0) is 61.9 Å². The minimum Gasteiger partial charge on any atom is -0.272 e. The molecule has 0 unspecified atom stereocenters. The number of nitrogens with one attached hydrogen (secondary N) is 1. The lowest BCUT2D eigenvalue weighted by Crippen LogP contribution is -2.40. The predicted octanol–water partition coefficient (Wildman–Crippen LogP) is 4.79. The SMILES string of the molecule is O=C(CN(CCc1ccccc1)S(=O)(=O)c1ccc(Cl)cc1)NN=C1CCCCCCC1. The van der Waals surface area contributed by atoms with Crippen molar-refractivity contribution in [2.45, 2.75) is 56.3 Å². The van der Waals surface area contributed by atoms with Crippen molar-refractivity contribution in [1.29, 1.82) is 0 Å². The van der Waals surface area contributed by atoms with E-state index < -0.39 is 15.9 Å². The van der Waals surface area contributed by atoms with Gasteiger partial charge in [0.1, 0.15) is 0 Å². The van der Waals surface area contributed by atoms with Crippen molar-refractivity contribution < 1.29 is 13.2 Å². The average molecular weight is 476 g/mol. The van der Waals surface area contributed by atoms with Crippen LogP contribution in [0.25, 0.3) is 0 Å². The van der Waals surface area contributed by atoms with Gasteiger partial charge < -0.3 is 0 Å². The lowest BCUT2D eigenvalue weighted by Gasteiger charge is -2.21. The molecule has 32 heavy (non-hydrogen) atoms. The Bertz CT molecular complexity index is 999. The van der Waals surface area contributed by atoms with Gasteiger partial charge in [-0.3, -0.25) is 4.79 Å². The Morgan fingerprint density at radius 1 is 0.938 bits per heavy atom. The van der Waals surface area contributed by atoms with Gasteiger partial charge in [0, 0.05) is 17.3 Å². The van der Waals surface area contributed by atoms with Crippen LogP contribution < -0.4 is 5.43 Å². The van der Waals surface area contributed by atoms with Gasteiger partial charge in [0.15, 0.2) is 0 Å². The van der Waals surface area contributed by atoms with Gasteiger partial charge >= 0.3 is 0 Å². The number of hydrazone groups is 1. The standard InChI is InChI=1S/C24H30ClN3O3S/c25-21-13-15-23(16-14-21)32(30,31)28(18-17-20-9-5-4-6-10-20)19-24(29)27-26-22-11-7-2-1-3-8-12-22/h4-6,9-10,13-16H,1-3,7-8,11-12,17-19H2,(H,27,29). The molecule has 2 aromatic rings. The molecule has 0 saturated heterocycles. The Morgan fingerprint density at radius 3 is 2.22 bits per heavy atom. The molecule has 1 N–H and O–H groups in total. The summed E-state index contributed by atoms with van der Waals surface area (Å²) in [6, 6.07) is 15.6. The number of carbonyl (C=O) groups excluding carboxylic acids is 1. The van der Waals surface area contributed by atoms with Crippen LogP contribution in [0.4, 0.5) is 0 Å². The Balaban J connectivity index is 1.72. The van der Waals surface area contributed by atoms with Crippen molar-refractivity contribution in [3.05, 3.63) is 65.2 Å². The molecule has 1 aliphatic carbocycles. The van der Waals surface area contributed by atoms with Crippen molar-refractivity contribution in [3.63, 3.8) is 0 Å². The average Bonchev–Trinajstić information content (AvgIpc) is 2.77. The number of sulfonamides is 1. The van der Waals surface area contributed by atoms with Gasteiger partial charge in [-0.25, -0.2) is 13.8 Å². The second kappa shape index (κ2) is 12.1. The third-order valence-corrected chi connectivity index (χ3v) is 7.64. The largest absolute Gasteiger partial charge is 0.272 e. The zero-order chi connectivity index (χ0) is 22.8. The molecule has 3 rings (SSSR count). The highest BCUT2D eigenvalue weighted by Gasteiger charge is 2.26. The first kappa shape index (κ1) is 24.4. The number of amides is 1. The number of halogens is 1. The molecule has 1 amide bonds. The van der Waals surface area contributed by atoms with Crippen molar-refractivity contribution in [1.82, 2.24) is 9.73 Å². The first-order chi connectivity index (χ1) is 15.4. The lowest BCUT2D eigenvalue weighted by atomic mass is 9.99. The van der Waals surface area contributed by atoms with E-state index in [4.69, 9.17) is 11.6 Å². The van der Waals surface area contributed by atoms with E-state index >= 15 is 0 Å². The van der Waals surface area contributed by atoms with E-state index in [-0.39, 0.29) is 18.0 Å². The first-order valence-corrected chi connectivity index (χ1v) is 12.9. The molecule has 1 saturated carbocycles. The summed E-state index contributed by atoms with van der Waals surface area (Å²) in [6.07, 6.45) is 8.00. The van der Waals surface area contributed by atoms with Crippen molar-refractivity contribution in [3.8, 4) is 0 Å². The molecular weight excluding hydrogens is 446 g/mol. The van der Waals surface area contributed by atoms with E-state index in [0.29, 0.717) is 11.4 Å². The van der Waals surface area contributed by atoms with Crippen molar-refractivity contribution in [2.75, 3.05) is 13.1 Å². The van der Waals surface area contributed by atoms with Crippen LogP contribution >= 0.6 is 11.6 Å². The number of hydrogen-bond acceptors (Lipinski definition) is 4. The molecule has 2 aromatic carbocycles. The number of carbonyl (C=O) groups is 1. The van der Waals surface area contributed by atoms with Crippen molar-refractivity contribution in [2.24, 2.45) is 5.10 Å². The van der Waals surface area contributed by atoms with Gasteiger partial charge in [-0.1, -0.05) is 61.2 Å². The van der Waals surface area contributed by atoms with Gasteiger partial charge in [0.05, 0.1) is 11.4 Å². The fourth-order valence-electron chi connectivity index (χ4n) is 3.70. The smallest absolute Gasteiger partial charge is 0.255 e. The maximum Gasteiger partial charge on any atom is 0.255 e. The Hall–Kier alpha value is -2.22. The monoisotopic (exact) mass is 475 g/mol. The van der Waals surface area contributed by atoms with E-state index in [1.54, 1.807) is 0 Å². The molecule has 1 aliphatic rings. The molecular formula is C24H30ClN3O3S. The Kier molecular flexibility index (Phi) is 9.26. The topological polar surface area (TPSA) is 78.8 Å². The highest BCUT2D eigenvalue weighted by molar-refractivity contribution is 7.89. The third kappa shape index (κ3) is 7.43. The number of nitrogens with zero attached hydrogens (tertiary/aromatic N) is 2. The molecule has 1 fully saturated rings. The highest BCUT2D eigenvalue weighted by atomic mass is 35.5. The van der Waals surface area contributed by atoms with Crippen LogP contribution in [0, 0.1) is 0 Å². The molecule has 0 bridgehead atoms. The molecule has 0 atom stereocenters. The fraction of sp³-hybridized carbons (Fsp3) is 0.417. The van der Waals surface area contributed by atoms with Crippen LogP contribution in [0.3, 0.4) is 0 Å². The van der Waals surface area contributed by atoms with E-state index in [1.807, 2.05) is 30.3 Å². The minimum absolute atomic E-state index is 0.106. The summed E-state index contributed by atoms with van der Waals surface area (Å²) in [5, 5.41) is 4.75. The number of benzene rings is 2. The molecule has 0 spiro atoms. The van der Waals surface area contributed by atoms with E-state index in [9.17, 15) is 13.2 Å². The number of rotatable bonds is 8. The van der Waals surface area contributed by atoms with Gasteiger partial charge in [-0.2, -0.15) is 9.41 Å². The van der Waals surface area contributed by atoms with Crippen LogP contribution in [0.1, 0.15) is 50.5 Å². The van der Waals surface area contributed by atoms with Gasteiger partial charge in [0.25, 0.3) is 5.91 Å². The van der Waals surface area contributed by atoms with E-state index in [2.05, 4.69) is 10.5 Å². The third-order valence-electron chi connectivity index (χ3n) is 5.53. The van der Waals surface area contributed by atoms with E-state index in [1.165, 1.54) is 47.8 Å². The van der Waals surface area contributed by atoms with Crippen molar-refractivity contribution >= 4 is 33.2 Å². The zero-order valence-electron chi connectivity index (χ0n) is 18.2. The molecule has 8 heteroatoms. The molecule has 0 heterocycles. The molecule has 0 aliphatic heterocycles. The van der Waals surface area contributed by atoms with Gasteiger partial charge in [-0.15, -0.1) is 0 Å². The molecule has 0 aromatic heterocycles. The summed E-state index contributed by atoms with van der Waals surface area (Å²) in [5.41, 5.74) is 4.56. The second-order valence-corrected chi connectivity index (χ2v) is 10.4. The molecule has 172 valence electrons. The van der Waals surface area contributed by atoms with Crippen LogP contribution in [0.2, 0.25) is 5.02 Å².